The van der Waals surface area contributed by atoms with Crippen molar-refractivity contribution in [2.75, 3.05) is 6.61 Å². The molecule has 0 saturated carbocycles. The molecule has 0 radical (unpaired) electrons. The Kier molecular flexibility index (Phi) is 6.20. The molecular formula is C22H22O6S. The van der Waals surface area contributed by atoms with Crippen LogP contribution in [-0.2, 0) is 14.9 Å². The first-order valence-electron chi connectivity index (χ1n) is 9.21. The minimum atomic E-state index is -4.29. The largest absolute Gasteiger partial charge is 0.482 e. The van der Waals surface area contributed by atoms with Crippen molar-refractivity contribution in [2.45, 2.75) is 31.1 Å². The smallest absolute Gasteiger partial charge is 0.349 e. The second-order valence-corrected chi connectivity index (χ2v) is 8.21. The van der Waals surface area contributed by atoms with E-state index in [9.17, 15) is 13.2 Å². The van der Waals surface area contributed by atoms with Crippen LogP contribution in [0.25, 0.3) is 10.8 Å². The van der Waals surface area contributed by atoms with E-state index in [1.54, 1.807) is 6.07 Å². The van der Waals surface area contributed by atoms with Crippen molar-refractivity contribution in [3.05, 3.63) is 66.2 Å². The van der Waals surface area contributed by atoms with Gasteiger partial charge in [0.15, 0.2) is 6.61 Å². The number of benzene rings is 3. The van der Waals surface area contributed by atoms with E-state index in [1.165, 1.54) is 17.7 Å². The van der Waals surface area contributed by atoms with Gasteiger partial charge in [0, 0.05) is 0 Å². The zero-order chi connectivity index (χ0) is 21.0. The monoisotopic (exact) mass is 414 g/mol. The van der Waals surface area contributed by atoms with Gasteiger partial charge in [-0.15, -0.1) is 0 Å². The average Bonchev–Trinajstić information content (AvgIpc) is 2.71. The number of hydrogen-bond acceptors (Lipinski definition) is 5. The van der Waals surface area contributed by atoms with Crippen LogP contribution in [0, 0.1) is 0 Å². The number of carbonyl (C=O) groups is 1. The molecule has 0 amide bonds. The third-order valence-corrected chi connectivity index (χ3v) is 5.60. The predicted octanol–water partition coefficient (Wildman–Crippen LogP) is 4.58. The summed E-state index contributed by atoms with van der Waals surface area (Å²) in [7, 11) is -4.29. The van der Waals surface area contributed by atoms with Crippen LogP contribution in [-0.4, -0.2) is 25.5 Å². The summed E-state index contributed by atoms with van der Waals surface area (Å²) in [4.78, 5) is 11.7. The molecule has 1 atom stereocenters. The molecule has 0 aromatic heterocycles. The minimum Gasteiger partial charge on any atom is -0.482 e. The number of hydrogen-bond donors (Lipinski definition) is 1. The van der Waals surface area contributed by atoms with E-state index >= 15 is 0 Å². The van der Waals surface area contributed by atoms with Crippen molar-refractivity contribution in [2.24, 2.45) is 0 Å². The lowest BCUT2D eigenvalue weighted by molar-refractivity contribution is -0.136. The molecular weight excluding hydrogens is 392 g/mol. The molecule has 7 heteroatoms. The first-order chi connectivity index (χ1) is 13.8. The number of esters is 1. The highest BCUT2D eigenvalue weighted by molar-refractivity contribution is 7.85. The Morgan fingerprint density at radius 3 is 2.24 bits per heavy atom. The van der Waals surface area contributed by atoms with Gasteiger partial charge >= 0.3 is 5.97 Å². The summed E-state index contributed by atoms with van der Waals surface area (Å²) >= 11 is 0. The van der Waals surface area contributed by atoms with Crippen LogP contribution in [0.2, 0.25) is 0 Å². The number of rotatable bonds is 7. The Bertz CT molecular complexity index is 1120. The Balaban J connectivity index is 1.61. The van der Waals surface area contributed by atoms with Gasteiger partial charge in [0.05, 0.1) is 4.90 Å². The fraction of sp³-hybridized carbons (Fsp3) is 0.227. The number of fused-ring (bicyclic) bond motifs is 1. The van der Waals surface area contributed by atoms with Gasteiger partial charge in [0.2, 0.25) is 0 Å². The Labute approximate surface area is 169 Å². The zero-order valence-electron chi connectivity index (χ0n) is 16.2. The summed E-state index contributed by atoms with van der Waals surface area (Å²) in [5, 5.41) is 2.13. The average molecular weight is 414 g/mol. The summed E-state index contributed by atoms with van der Waals surface area (Å²) in [5.41, 5.74) is 1.29. The van der Waals surface area contributed by atoms with E-state index in [4.69, 9.17) is 14.0 Å². The van der Waals surface area contributed by atoms with Gasteiger partial charge < -0.3 is 9.47 Å². The van der Waals surface area contributed by atoms with Crippen molar-refractivity contribution in [3.63, 3.8) is 0 Å². The Morgan fingerprint density at radius 1 is 0.966 bits per heavy atom. The Hall–Kier alpha value is -2.90. The summed E-state index contributed by atoms with van der Waals surface area (Å²) in [6.45, 7) is 4.06. The van der Waals surface area contributed by atoms with Crippen LogP contribution >= 0.6 is 0 Å². The topological polar surface area (TPSA) is 89.9 Å². The molecule has 1 N–H and O–H groups in total. The maximum atomic E-state index is 12.0. The van der Waals surface area contributed by atoms with E-state index in [-0.39, 0.29) is 17.3 Å². The summed E-state index contributed by atoms with van der Waals surface area (Å²) < 4.78 is 41.6. The molecule has 3 aromatic carbocycles. The lowest BCUT2D eigenvalue weighted by atomic mass is 9.96. The number of carbonyl (C=O) groups excluding carboxylic acids is 1. The van der Waals surface area contributed by atoms with E-state index in [0.717, 1.165) is 29.3 Å². The number of ether oxygens (including phenoxy) is 2. The van der Waals surface area contributed by atoms with Crippen molar-refractivity contribution in [3.8, 4) is 11.5 Å². The quantitative estimate of drug-likeness (QED) is 0.346. The van der Waals surface area contributed by atoms with Crippen LogP contribution in [0.4, 0.5) is 0 Å². The summed E-state index contributed by atoms with van der Waals surface area (Å²) in [5.74, 6) is 0.572. The van der Waals surface area contributed by atoms with Crippen molar-refractivity contribution in [1.82, 2.24) is 0 Å². The molecule has 0 aliphatic rings. The van der Waals surface area contributed by atoms with E-state index in [2.05, 4.69) is 26.0 Å². The molecule has 1 unspecified atom stereocenters. The molecule has 29 heavy (non-hydrogen) atoms. The van der Waals surface area contributed by atoms with Gasteiger partial charge in [-0.1, -0.05) is 38.1 Å². The second-order valence-electron chi connectivity index (χ2n) is 6.79. The van der Waals surface area contributed by atoms with E-state index in [0.29, 0.717) is 11.7 Å². The predicted molar refractivity (Wildman–Crippen MR) is 110 cm³/mol. The third kappa shape index (κ3) is 5.34. The Morgan fingerprint density at radius 2 is 1.59 bits per heavy atom. The highest BCUT2D eigenvalue weighted by Gasteiger charge is 2.11. The van der Waals surface area contributed by atoms with E-state index in [1.807, 2.05) is 18.2 Å². The highest BCUT2D eigenvalue weighted by atomic mass is 32.2. The standard InChI is InChI=1S/C22H22O6S/c1-3-15(2)16-4-5-18-13-20(7-6-17(18)12-16)27-14-22(23)28-19-8-10-21(11-9-19)29(24,25)26/h4-13,15H,3,14H2,1-2H3,(H,24,25,26). The molecule has 0 saturated heterocycles. The van der Waals surface area contributed by atoms with Gasteiger partial charge in [0.25, 0.3) is 10.1 Å². The van der Waals surface area contributed by atoms with Gasteiger partial charge in [-0.25, -0.2) is 4.79 Å². The molecule has 0 bridgehead atoms. The third-order valence-electron chi connectivity index (χ3n) is 4.73. The molecule has 0 fully saturated rings. The van der Waals surface area contributed by atoms with Gasteiger partial charge in [0.1, 0.15) is 11.5 Å². The van der Waals surface area contributed by atoms with Gasteiger partial charge in [-0.05, 0) is 65.1 Å². The second kappa shape index (κ2) is 8.63. The first-order valence-corrected chi connectivity index (χ1v) is 10.6. The molecule has 3 rings (SSSR count). The van der Waals surface area contributed by atoms with Gasteiger partial charge in [-0.3, -0.25) is 4.55 Å². The summed E-state index contributed by atoms with van der Waals surface area (Å²) in [6, 6.07) is 16.8. The van der Waals surface area contributed by atoms with Crippen LogP contribution in [0.3, 0.4) is 0 Å². The maximum Gasteiger partial charge on any atom is 0.349 e. The van der Waals surface area contributed by atoms with Crippen LogP contribution in [0.15, 0.2) is 65.6 Å². The first kappa shape index (κ1) is 20.8. The normalized spacial score (nSPS) is 12.5. The van der Waals surface area contributed by atoms with E-state index < -0.39 is 16.1 Å². The molecule has 0 aliphatic carbocycles. The van der Waals surface area contributed by atoms with Crippen LogP contribution < -0.4 is 9.47 Å². The van der Waals surface area contributed by atoms with Gasteiger partial charge in [-0.2, -0.15) is 8.42 Å². The lowest BCUT2D eigenvalue weighted by Gasteiger charge is -2.11. The fourth-order valence-electron chi connectivity index (χ4n) is 2.86. The molecule has 6 nitrogen and oxygen atoms in total. The van der Waals surface area contributed by atoms with Crippen LogP contribution in [0.1, 0.15) is 31.7 Å². The van der Waals surface area contributed by atoms with Crippen molar-refractivity contribution < 1.29 is 27.2 Å². The zero-order valence-corrected chi connectivity index (χ0v) is 17.0. The molecule has 0 heterocycles. The summed E-state index contributed by atoms with van der Waals surface area (Å²) in [6.07, 6.45) is 1.08. The van der Waals surface area contributed by atoms with Crippen molar-refractivity contribution >= 4 is 26.9 Å². The SMILES string of the molecule is CCC(C)c1ccc2cc(OCC(=O)Oc3ccc(S(=O)(=O)O)cc3)ccc2c1. The maximum absolute atomic E-state index is 12.0. The molecule has 0 aliphatic heterocycles. The molecule has 152 valence electrons. The molecule has 3 aromatic rings. The lowest BCUT2D eigenvalue weighted by Crippen LogP contribution is -2.17. The molecule has 0 spiro atoms. The highest BCUT2D eigenvalue weighted by Crippen LogP contribution is 2.26. The fourth-order valence-corrected chi connectivity index (χ4v) is 3.34. The van der Waals surface area contributed by atoms with Crippen LogP contribution in [0.5, 0.6) is 11.5 Å². The minimum absolute atomic E-state index is 0.155. The van der Waals surface area contributed by atoms with Crippen molar-refractivity contribution in [1.29, 1.82) is 0 Å².